The molecule has 1 aliphatic rings. The van der Waals surface area contributed by atoms with Crippen molar-refractivity contribution in [2.45, 2.75) is 6.29 Å². The van der Waals surface area contributed by atoms with Crippen molar-refractivity contribution in [1.29, 1.82) is 5.26 Å². The number of hydrogen-bond acceptors (Lipinski definition) is 3. The summed E-state index contributed by atoms with van der Waals surface area (Å²) in [5.74, 6) is 0. The highest BCUT2D eigenvalue weighted by Gasteiger charge is 2.16. The fourth-order valence-corrected chi connectivity index (χ4v) is 1.40. The Morgan fingerprint density at radius 1 is 1.29 bits per heavy atom. The summed E-state index contributed by atoms with van der Waals surface area (Å²) < 4.78 is 10.2. The molecule has 1 aromatic carbocycles. The first-order valence-corrected chi connectivity index (χ1v) is 4.34. The third kappa shape index (κ3) is 1.52. The van der Waals surface area contributed by atoms with Crippen LogP contribution in [0.1, 0.15) is 17.4 Å². The lowest BCUT2D eigenvalue weighted by Gasteiger charge is -2.10. The molecule has 3 nitrogen and oxygen atoms in total. The minimum absolute atomic E-state index is 0.407. The van der Waals surface area contributed by atoms with Gasteiger partial charge in [-0.15, -0.1) is 0 Å². The van der Waals surface area contributed by atoms with Crippen molar-refractivity contribution in [1.82, 2.24) is 0 Å². The molecule has 0 radical (unpaired) electrons. The van der Waals surface area contributed by atoms with Crippen molar-refractivity contribution < 1.29 is 9.47 Å². The molecule has 0 fully saturated rings. The average molecular weight is 208 g/mol. The maximum absolute atomic E-state index is 8.67. The van der Waals surface area contributed by atoms with Crippen LogP contribution in [0.15, 0.2) is 30.7 Å². The first-order valence-electron chi connectivity index (χ1n) is 3.97. The Balaban J connectivity index is 2.29. The van der Waals surface area contributed by atoms with Crippen molar-refractivity contribution in [2.75, 3.05) is 0 Å². The van der Waals surface area contributed by atoms with E-state index in [1.54, 1.807) is 18.2 Å². The highest BCUT2D eigenvalue weighted by Crippen LogP contribution is 2.27. The van der Waals surface area contributed by atoms with E-state index in [9.17, 15) is 0 Å². The van der Waals surface area contributed by atoms with Crippen LogP contribution >= 0.6 is 11.6 Å². The molecule has 0 N–H and O–H groups in total. The fourth-order valence-electron chi connectivity index (χ4n) is 1.16. The molecule has 2 rings (SSSR count). The summed E-state index contributed by atoms with van der Waals surface area (Å²) in [5, 5.41) is 9.07. The smallest absolute Gasteiger partial charge is 0.266 e. The molecule has 0 saturated heterocycles. The summed E-state index contributed by atoms with van der Waals surface area (Å²) in [6.45, 7) is 0. The van der Waals surface area contributed by atoms with E-state index < -0.39 is 6.29 Å². The number of halogens is 1. The van der Waals surface area contributed by atoms with Gasteiger partial charge in [0, 0.05) is 5.56 Å². The third-order valence-corrected chi connectivity index (χ3v) is 2.16. The molecule has 0 unspecified atom stereocenters. The number of rotatable bonds is 1. The van der Waals surface area contributed by atoms with Crippen molar-refractivity contribution in [3.05, 3.63) is 46.9 Å². The second kappa shape index (κ2) is 3.60. The van der Waals surface area contributed by atoms with Gasteiger partial charge in [-0.1, -0.05) is 17.7 Å². The minimum Gasteiger partial charge on any atom is -0.455 e. The Morgan fingerprint density at radius 2 is 2.00 bits per heavy atom. The normalized spacial score (nSPS) is 14.6. The van der Waals surface area contributed by atoms with Crippen molar-refractivity contribution >= 4 is 11.6 Å². The molecule has 1 aliphatic heterocycles. The topological polar surface area (TPSA) is 42.2 Å². The molecule has 0 aromatic heterocycles. The summed E-state index contributed by atoms with van der Waals surface area (Å²) in [5.41, 5.74) is 1.24. The predicted octanol–water partition coefficient (Wildman–Crippen LogP) is 2.73. The van der Waals surface area contributed by atoms with Gasteiger partial charge in [-0.25, -0.2) is 0 Å². The molecule has 0 aliphatic carbocycles. The van der Waals surface area contributed by atoms with Gasteiger partial charge in [0.25, 0.3) is 6.29 Å². The SMILES string of the molecule is N#Cc1ccc(C2OC=CO2)cc1Cl. The van der Waals surface area contributed by atoms with Crippen LogP contribution in [-0.2, 0) is 9.47 Å². The van der Waals surface area contributed by atoms with Crippen LogP contribution in [0.3, 0.4) is 0 Å². The van der Waals surface area contributed by atoms with Crippen LogP contribution in [0.2, 0.25) is 5.02 Å². The van der Waals surface area contributed by atoms with E-state index >= 15 is 0 Å². The maximum Gasteiger partial charge on any atom is 0.266 e. The van der Waals surface area contributed by atoms with Crippen LogP contribution in [0.25, 0.3) is 0 Å². The standard InChI is InChI=1S/C10H6ClNO2/c11-9-5-7(1-2-8(9)6-12)10-13-3-4-14-10/h1-5,10H. The van der Waals surface area contributed by atoms with Gasteiger partial charge in [-0.3, -0.25) is 0 Å². The van der Waals surface area contributed by atoms with Crippen LogP contribution in [0.5, 0.6) is 0 Å². The largest absolute Gasteiger partial charge is 0.455 e. The maximum atomic E-state index is 8.67. The number of ether oxygens (including phenoxy) is 2. The molecule has 1 heterocycles. The monoisotopic (exact) mass is 207 g/mol. The Morgan fingerprint density at radius 3 is 2.57 bits per heavy atom. The van der Waals surface area contributed by atoms with Gasteiger partial charge in [-0.2, -0.15) is 5.26 Å². The van der Waals surface area contributed by atoms with E-state index in [2.05, 4.69) is 0 Å². The Kier molecular flexibility index (Phi) is 2.30. The molecule has 0 atom stereocenters. The van der Waals surface area contributed by atoms with Gasteiger partial charge >= 0.3 is 0 Å². The van der Waals surface area contributed by atoms with Crippen LogP contribution in [-0.4, -0.2) is 0 Å². The fraction of sp³-hybridized carbons (Fsp3) is 0.100. The lowest BCUT2D eigenvalue weighted by atomic mass is 10.1. The zero-order valence-electron chi connectivity index (χ0n) is 7.11. The molecule has 0 amide bonds. The van der Waals surface area contributed by atoms with Gasteiger partial charge in [0.15, 0.2) is 0 Å². The van der Waals surface area contributed by atoms with E-state index in [1.165, 1.54) is 12.5 Å². The van der Waals surface area contributed by atoms with Gasteiger partial charge in [0.05, 0.1) is 10.6 Å². The molecular weight excluding hydrogens is 202 g/mol. The minimum atomic E-state index is -0.444. The average Bonchev–Trinajstić information content (AvgIpc) is 2.70. The molecule has 70 valence electrons. The zero-order chi connectivity index (χ0) is 9.97. The first-order chi connectivity index (χ1) is 6.81. The molecule has 0 bridgehead atoms. The van der Waals surface area contributed by atoms with Gasteiger partial charge in [0.2, 0.25) is 0 Å². The first kappa shape index (κ1) is 8.92. The van der Waals surface area contributed by atoms with Crippen molar-refractivity contribution in [2.24, 2.45) is 0 Å². The molecule has 1 aromatic rings. The Bertz CT molecular complexity index is 415. The van der Waals surface area contributed by atoms with Crippen molar-refractivity contribution in [3.63, 3.8) is 0 Å². The summed E-state index contributed by atoms with van der Waals surface area (Å²) in [6.07, 6.45) is 2.49. The second-order valence-corrected chi connectivity index (χ2v) is 3.13. The Labute approximate surface area is 86.1 Å². The quantitative estimate of drug-likeness (QED) is 0.711. The van der Waals surface area contributed by atoms with E-state index in [-0.39, 0.29) is 0 Å². The predicted molar refractivity (Wildman–Crippen MR) is 50.2 cm³/mol. The number of hydrogen-bond donors (Lipinski definition) is 0. The van der Waals surface area contributed by atoms with E-state index in [0.29, 0.717) is 10.6 Å². The Hall–Kier alpha value is -1.66. The van der Waals surface area contributed by atoms with Gasteiger partial charge < -0.3 is 9.47 Å². The van der Waals surface area contributed by atoms with Crippen LogP contribution < -0.4 is 0 Å². The molecular formula is C10H6ClNO2. The lowest BCUT2D eigenvalue weighted by molar-refractivity contribution is -0.0245. The molecule has 0 saturated carbocycles. The highest BCUT2D eigenvalue weighted by molar-refractivity contribution is 6.31. The molecule has 0 spiro atoms. The van der Waals surface area contributed by atoms with Crippen LogP contribution in [0, 0.1) is 11.3 Å². The number of benzene rings is 1. The number of nitriles is 1. The van der Waals surface area contributed by atoms with E-state index in [1.807, 2.05) is 6.07 Å². The number of nitrogens with zero attached hydrogens (tertiary/aromatic N) is 1. The molecule has 14 heavy (non-hydrogen) atoms. The van der Waals surface area contributed by atoms with Gasteiger partial charge in [-0.05, 0) is 12.1 Å². The second-order valence-electron chi connectivity index (χ2n) is 2.73. The third-order valence-electron chi connectivity index (χ3n) is 1.85. The van der Waals surface area contributed by atoms with E-state index in [0.717, 1.165) is 5.56 Å². The zero-order valence-corrected chi connectivity index (χ0v) is 7.86. The summed E-state index contributed by atoms with van der Waals surface area (Å²) >= 11 is 5.85. The van der Waals surface area contributed by atoms with E-state index in [4.69, 9.17) is 26.3 Å². The summed E-state index contributed by atoms with van der Waals surface area (Å²) in [7, 11) is 0. The highest BCUT2D eigenvalue weighted by atomic mass is 35.5. The van der Waals surface area contributed by atoms with Crippen molar-refractivity contribution in [3.8, 4) is 6.07 Å². The van der Waals surface area contributed by atoms with Gasteiger partial charge in [0.1, 0.15) is 18.6 Å². The summed E-state index contributed by atoms with van der Waals surface area (Å²) in [4.78, 5) is 0. The summed E-state index contributed by atoms with van der Waals surface area (Å²) in [6, 6.07) is 7.04. The lowest BCUT2D eigenvalue weighted by Crippen LogP contribution is -1.97. The van der Waals surface area contributed by atoms with Crippen LogP contribution in [0.4, 0.5) is 0 Å². The molecule has 4 heteroatoms.